The normalized spacial score (nSPS) is 11.6. The SMILES string of the molecule is CCNC(=NCC(=O)Nc1ccc(F)c(F)c1F)NCCCNC(=O)OC(C)(C)C. The third-order valence-corrected chi connectivity index (χ3v) is 3.35. The molecule has 0 aliphatic rings. The van der Waals surface area contributed by atoms with Crippen LogP contribution in [0.5, 0.6) is 0 Å². The second kappa shape index (κ2) is 11.9. The number of aliphatic imine (C=N–C) groups is 1. The lowest BCUT2D eigenvalue weighted by Crippen LogP contribution is -2.39. The summed E-state index contributed by atoms with van der Waals surface area (Å²) < 4.78 is 44.9. The highest BCUT2D eigenvalue weighted by molar-refractivity contribution is 5.94. The van der Waals surface area contributed by atoms with Crippen LogP contribution in [0.15, 0.2) is 17.1 Å². The summed E-state index contributed by atoms with van der Waals surface area (Å²) in [5, 5.41) is 10.7. The van der Waals surface area contributed by atoms with E-state index in [1.54, 1.807) is 20.8 Å². The van der Waals surface area contributed by atoms with Crippen molar-refractivity contribution in [1.82, 2.24) is 16.0 Å². The highest BCUT2D eigenvalue weighted by Crippen LogP contribution is 2.19. The van der Waals surface area contributed by atoms with E-state index in [-0.39, 0.29) is 6.54 Å². The van der Waals surface area contributed by atoms with Crippen molar-refractivity contribution in [2.24, 2.45) is 4.99 Å². The molecule has 1 aromatic rings. The molecule has 0 saturated heterocycles. The molecule has 1 aromatic carbocycles. The number of rotatable bonds is 8. The molecule has 0 aliphatic carbocycles. The van der Waals surface area contributed by atoms with Gasteiger partial charge in [0.15, 0.2) is 23.4 Å². The van der Waals surface area contributed by atoms with E-state index in [1.807, 2.05) is 6.92 Å². The van der Waals surface area contributed by atoms with E-state index in [0.29, 0.717) is 38.1 Å². The van der Waals surface area contributed by atoms with Crippen molar-refractivity contribution < 1.29 is 27.5 Å². The second-order valence-corrected chi connectivity index (χ2v) is 7.18. The molecule has 30 heavy (non-hydrogen) atoms. The molecule has 0 aliphatic heterocycles. The Bertz CT molecular complexity index is 767. The zero-order valence-electron chi connectivity index (χ0n) is 17.5. The summed E-state index contributed by atoms with van der Waals surface area (Å²) in [6, 6.07) is 1.64. The topological polar surface area (TPSA) is 104 Å². The number of halogens is 3. The monoisotopic (exact) mass is 431 g/mol. The van der Waals surface area contributed by atoms with Gasteiger partial charge < -0.3 is 26.0 Å². The quantitative estimate of drug-likeness (QED) is 0.219. The summed E-state index contributed by atoms with van der Waals surface area (Å²) in [5.74, 6) is -4.86. The largest absolute Gasteiger partial charge is 0.444 e. The summed E-state index contributed by atoms with van der Waals surface area (Å²) in [5.41, 5.74) is -1.05. The summed E-state index contributed by atoms with van der Waals surface area (Å²) in [6.45, 7) is 8.11. The molecule has 0 heterocycles. The molecule has 0 atom stereocenters. The standard InChI is InChI=1S/C19H28F3N5O3/c1-5-23-17(24-9-6-10-25-18(29)30-19(2,3)4)26-11-14(28)27-13-8-7-12(20)15(21)16(13)22/h7-8H,5-6,9-11H2,1-4H3,(H,25,29)(H,27,28)(H2,23,24,26). The molecule has 0 radical (unpaired) electrons. The van der Waals surface area contributed by atoms with Crippen LogP contribution in [0.4, 0.5) is 23.7 Å². The molecule has 0 spiro atoms. The van der Waals surface area contributed by atoms with E-state index >= 15 is 0 Å². The molecule has 168 valence electrons. The van der Waals surface area contributed by atoms with E-state index in [9.17, 15) is 22.8 Å². The summed E-state index contributed by atoms with van der Waals surface area (Å²) in [4.78, 5) is 27.5. The number of nitrogens with zero attached hydrogens (tertiary/aromatic N) is 1. The number of anilines is 1. The predicted molar refractivity (Wildman–Crippen MR) is 108 cm³/mol. The minimum Gasteiger partial charge on any atom is -0.444 e. The molecule has 0 saturated carbocycles. The second-order valence-electron chi connectivity index (χ2n) is 7.18. The number of hydrogen-bond donors (Lipinski definition) is 4. The summed E-state index contributed by atoms with van der Waals surface area (Å²) in [6.07, 6.45) is 0.0554. The van der Waals surface area contributed by atoms with Crippen molar-refractivity contribution in [2.75, 3.05) is 31.5 Å². The Hall–Kier alpha value is -2.98. The zero-order chi connectivity index (χ0) is 22.7. The summed E-state index contributed by atoms with van der Waals surface area (Å²) in [7, 11) is 0. The first-order valence-electron chi connectivity index (χ1n) is 9.46. The number of guanidine groups is 1. The minimum absolute atomic E-state index is 0.329. The Morgan fingerprint density at radius 1 is 1.03 bits per heavy atom. The van der Waals surface area contributed by atoms with E-state index < -0.39 is 40.7 Å². The lowest BCUT2D eigenvalue weighted by molar-refractivity contribution is -0.114. The van der Waals surface area contributed by atoms with Crippen molar-refractivity contribution in [1.29, 1.82) is 0 Å². The Kier molecular flexibility index (Phi) is 9.93. The Balaban J connectivity index is 2.45. The zero-order valence-corrected chi connectivity index (χ0v) is 17.5. The van der Waals surface area contributed by atoms with Crippen molar-refractivity contribution in [3.63, 3.8) is 0 Å². The lowest BCUT2D eigenvalue weighted by Gasteiger charge is -2.19. The Morgan fingerprint density at radius 2 is 1.70 bits per heavy atom. The number of ether oxygens (including phenoxy) is 1. The van der Waals surface area contributed by atoms with Crippen LogP contribution in [-0.2, 0) is 9.53 Å². The molecule has 0 aromatic heterocycles. The van der Waals surface area contributed by atoms with Gasteiger partial charge in [-0.2, -0.15) is 0 Å². The fourth-order valence-electron chi connectivity index (χ4n) is 2.10. The number of nitrogens with one attached hydrogen (secondary N) is 4. The van der Waals surface area contributed by atoms with Crippen molar-refractivity contribution in [3.05, 3.63) is 29.6 Å². The van der Waals surface area contributed by atoms with Crippen molar-refractivity contribution in [2.45, 2.75) is 39.7 Å². The van der Waals surface area contributed by atoms with Crippen LogP contribution in [0, 0.1) is 17.5 Å². The van der Waals surface area contributed by atoms with E-state index in [4.69, 9.17) is 4.74 Å². The van der Waals surface area contributed by atoms with Gasteiger partial charge in [-0.3, -0.25) is 4.79 Å². The Labute approximate surface area is 173 Å². The van der Waals surface area contributed by atoms with E-state index in [0.717, 1.165) is 6.07 Å². The van der Waals surface area contributed by atoms with Crippen LogP contribution in [0.1, 0.15) is 34.1 Å². The molecule has 8 nitrogen and oxygen atoms in total. The van der Waals surface area contributed by atoms with Gasteiger partial charge in [-0.15, -0.1) is 0 Å². The van der Waals surface area contributed by atoms with Crippen LogP contribution in [0.25, 0.3) is 0 Å². The first-order chi connectivity index (χ1) is 14.0. The maximum atomic E-state index is 13.6. The van der Waals surface area contributed by atoms with E-state index in [1.165, 1.54) is 0 Å². The van der Waals surface area contributed by atoms with Gasteiger partial charge in [0.2, 0.25) is 5.91 Å². The average molecular weight is 431 g/mol. The van der Waals surface area contributed by atoms with E-state index in [2.05, 4.69) is 26.3 Å². The van der Waals surface area contributed by atoms with Crippen LogP contribution in [0.2, 0.25) is 0 Å². The maximum Gasteiger partial charge on any atom is 0.407 e. The van der Waals surface area contributed by atoms with Crippen LogP contribution >= 0.6 is 0 Å². The Morgan fingerprint density at radius 3 is 2.33 bits per heavy atom. The minimum atomic E-state index is -1.66. The number of hydrogen-bond acceptors (Lipinski definition) is 4. The highest BCUT2D eigenvalue weighted by Gasteiger charge is 2.16. The van der Waals surface area contributed by atoms with Crippen LogP contribution < -0.4 is 21.3 Å². The fraction of sp³-hybridized carbons (Fsp3) is 0.526. The number of alkyl carbamates (subject to hydrolysis) is 1. The molecule has 11 heteroatoms. The molecule has 1 rings (SSSR count). The molecule has 2 amide bonds. The average Bonchev–Trinajstić information content (AvgIpc) is 2.64. The number of amides is 2. The van der Waals surface area contributed by atoms with Gasteiger partial charge in [0.25, 0.3) is 0 Å². The van der Waals surface area contributed by atoms with Gasteiger partial charge in [-0.1, -0.05) is 0 Å². The molecule has 0 fully saturated rings. The van der Waals surface area contributed by atoms with Gasteiger partial charge in [-0.25, -0.2) is 23.0 Å². The van der Waals surface area contributed by atoms with Crippen molar-refractivity contribution in [3.8, 4) is 0 Å². The third kappa shape index (κ3) is 9.48. The van der Waals surface area contributed by atoms with Gasteiger partial charge in [0.1, 0.15) is 12.1 Å². The predicted octanol–water partition coefficient (Wildman–Crippen LogP) is 2.51. The van der Waals surface area contributed by atoms with Crippen molar-refractivity contribution >= 4 is 23.6 Å². The van der Waals surface area contributed by atoms with Gasteiger partial charge in [0, 0.05) is 19.6 Å². The first-order valence-corrected chi connectivity index (χ1v) is 9.46. The smallest absolute Gasteiger partial charge is 0.407 e. The molecule has 0 unspecified atom stereocenters. The highest BCUT2D eigenvalue weighted by atomic mass is 19.2. The van der Waals surface area contributed by atoms with Gasteiger partial charge in [0.05, 0.1) is 5.69 Å². The third-order valence-electron chi connectivity index (χ3n) is 3.35. The van der Waals surface area contributed by atoms with Crippen LogP contribution in [0.3, 0.4) is 0 Å². The van der Waals surface area contributed by atoms with Crippen LogP contribution in [-0.4, -0.2) is 49.7 Å². The lowest BCUT2D eigenvalue weighted by atomic mass is 10.2. The number of carbonyl (C=O) groups is 2. The number of carbonyl (C=O) groups excluding carboxylic acids is 2. The molecular formula is C19H28F3N5O3. The first kappa shape index (κ1) is 25.1. The van der Waals surface area contributed by atoms with Gasteiger partial charge in [-0.05, 0) is 46.2 Å². The van der Waals surface area contributed by atoms with Gasteiger partial charge >= 0.3 is 6.09 Å². The fourth-order valence-corrected chi connectivity index (χ4v) is 2.10. The number of benzene rings is 1. The summed E-state index contributed by atoms with van der Waals surface area (Å²) >= 11 is 0. The molecule has 4 N–H and O–H groups in total. The molecular weight excluding hydrogens is 403 g/mol. The molecule has 0 bridgehead atoms. The maximum absolute atomic E-state index is 13.6.